The SMILES string of the molecule is [C-]#[N+]C(C)(C)n1cc(Nc2ncc(F)c(OCC3CCNCC3)n2)cn1. The minimum Gasteiger partial charge on any atom is -0.475 e. The molecule has 1 aliphatic heterocycles. The molecule has 0 radical (unpaired) electrons. The van der Waals surface area contributed by atoms with E-state index in [0.29, 0.717) is 18.2 Å². The van der Waals surface area contributed by atoms with E-state index in [-0.39, 0.29) is 11.8 Å². The molecule has 3 heterocycles. The number of ether oxygens (including phenoxy) is 1. The summed E-state index contributed by atoms with van der Waals surface area (Å²) in [6.45, 7) is 13.1. The summed E-state index contributed by atoms with van der Waals surface area (Å²) in [5, 5.41) is 10.4. The van der Waals surface area contributed by atoms with Gasteiger partial charge in [-0.25, -0.2) is 11.6 Å². The number of rotatable bonds is 6. The molecule has 0 bridgehead atoms. The van der Waals surface area contributed by atoms with Gasteiger partial charge in [-0.2, -0.15) is 19.2 Å². The molecule has 8 nitrogen and oxygen atoms in total. The highest BCUT2D eigenvalue weighted by Crippen LogP contribution is 2.22. The Morgan fingerprint density at radius 2 is 2.19 bits per heavy atom. The lowest BCUT2D eigenvalue weighted by molar-refractivity contribution is 0.201. The molecular weight excluding hydrogens is 337 g/mol. The average molecular weight is 359 g/mol. The molecule has 2 aromatic rings. The minimum atomic E-state index is -0.785. The van der Waals surface area contributed by atoms with Crippen LogP contribution in [0.2, 0.25) is 0 Å². The number of halogens is 1. The van der Waals surface area contributed by atoms with Crippen molar-refractivity contribution in [1.29, 1.82) is 0 Å². The zero-order valence-corrected chi connectivity index (χ0v) is 14.9. The normalized spacial score (nSPS) is 15.5. The Labute approximate surface area is 151 Å². The number of hydrogen-bond donors (Lipinski definition) is 2. The van der Waals surface area contributed by atoms with Crippen LogP contribution in [0.3, 0.4) is 0 Å². The van der Waals surface area contributed by atoms with E-state index >= 15 is 0 Å². The van der Waals surface area contributed by atoms with E-state index in [9.17, 15) is 4.39 Å². The van der Waals surface area contributed by atoms with E-state index in [4.69, 9.17) is 11.3 Å². The second-order valence-corrected chi connectivity index (χ2v) is 6.76. The molecule has 3 rings (SSSR count). The van der Waals surface area contributed by atoms with Crippen molar-refractivity contribution in [2.24, 2.45) is 5.92 Å². The molecule has 0 amide bonds. The molecule has 0 aromatic carbocycles. The molecule has 2 aromatic heterocycles. The topological polar surface area (TPSA) is 81.2 Å². The number of nitrogens with zero attached hydrogens (tertiary/aromatic N) is 5. The van der Waals surface area contributed by atoms with Crippen LogP contribution in [0.25, 0.3) is 4.85 Å². The van der Waals surface area contributed by atoms with Gasteiger partial charge in [0, 0.05) is 13.8 Å². The summed E-state index contributed by atoms with van der Waals surface area (Å²) in [4.78, 5) is 11.6. The van der Waals surface area contributed by atoms with Crippen molar-refractivity contribution in [3.05, 3.63) is 35.8 Å². The van der Waals surface area contributed by atoms with Gasteiger partial charge < -0.3 is 15.4 Å². The predicted molar refractivity (Wildman–Crippen MR) is 94.5 cm³/mol. The monoisotopic (exact) mass is 359 g/mol. The molecule has 0 atom stereocenters. The molecule has 138 valence electrons. The third-order valence-electron chi connectivity index (χ3n) is 4.30. The van der Waals surface area contributed by atoms with E-state index in [1.54, 1.807) is 30.9 Å². The summed E-state index contributed by atoms with van der Waals surface area (Å²) in [5.41, 5.74) is -0.176. The Hall–Kier alpha value is -2.73. The first kappa shape index (κ1) is 18.1. The van der Waals surface area contributed by atoms with Crippen molar-refractivity contribution in [1.82, 2.24) is 25.1 Å². The molecule has 1 saturated heterocycles. The van der Waals surface area contributed by atoms with E-state index in [2.05, 4.69) is 30.5 Å². The first-order chi connectivity index (χ1) is 12.5. The highest BCUT2D eigenvalue weighted by molar-refractivity contribution is 5.50. The smallest absolute Gasteiger partial charge is 0.319 e. The van der Waals surface area contributed by atoms with Gasteiger partial charge in [0.2, 0.25) is 11.8 Å². The van der Waals surface area contributed by atoms with Gasteiger partial charge in [0.1, 0.15) is 0 Å². The van der Waals surface area contributed by atoms with Gasteiger partial charge in [0.15, 0.2) is 0 Å². The Bertz CT molecular complexity index is 793. The number of anilines is 2. The van der Waals surface area contributed by atoms with Gasteiger partial charge in [-0.05, 0) is 31.8 Å². The quantitative estimate of drug-likeness (QED) is 0.772. The molecule has 0 spiro atoms. The van der Waals surface area contributed by atoms with Crippen LogP contribution in [0.1, 0.15) is 26.7 Å². The first-order valence-corrected chi connectivity index (χ1v) is 8.55. The predicted octanol–water partition coefficient (Wildman–Crippen LogP) is 2.55. The van der Waals surface area contributed by atoms with E-state index < -0.39 is 11.5 Å². The third kappa shape index (κ3) is 4.26. The summed E-state index contributed by atoms with van der Waals surface area (Å²) in [5.74, 6) is -0.0350. The minimum absolute atomic E-state index is 0.0603. The Balaban J connectivity index is 1.66. The highest BCUT2D eigenvalue weighted by atomic mass is 19.1. The van der Waals surface area contributed by atoms with Crippen LogP contribution < -0.4 is 15.4 Å². The summed E-state index contributed by atoms with van der Waals surface area (Å²) in [6, 6.07) is 0. The maximum atomic E-state index is 13.9. The average Bonchev–Trinajstić information content (AvgIpc) is 3.12. The van der Waals surface area contributed by atoms with Crippen LogP contribution in [-0.4, -0.2) is 39.4 Å². The van der Waals surface area contributed by atoms with Crippen LogP contribution in [0.15, 0.2) is 18.6 Å². The van der Waals surface area contributed by atoms with Crippen molar-refractivity contribution < 1.29 is 9.13 Å². The lowest BCUT2D eigenvalue weighted by Crippen LogP contribution is -2.30. The second-order valence-electron chi connectivity index (χ2n) is 6.76. The van der Waals surface area contributed by atoms with Gasteiger partial charge in [-0.15, -0.1) is 0 Å². The van der Waals surface area contributed by atoms with Crippen molar-refractivity contribution in [2.45, 2.75) is 32.4 Å². The third-order valence-corrected chi connectivity index (χ3v) is 4.30. The fourth-order valence-electron chi connectivity index (χ4n) is 2.63. The number of nitrogens with one attached hydrogen (secondary N) is 2. The van der Waals surface area contributed by atoms with Crippen LogP contribution in [0.4, 0.5) is 16.0 Å². The molecule has 1 fully saturated rings. The molecule has 0 unspecified atom stereocenters. The van der Waals surface area contributed by atoms with Gasteiger partial charge >= 0.3 is 5.66 Å². The number of piperidine rings is 1. The zero-order valence-electron chi connectivity index (χ0n) is 14.9. The van der Waals surface area contributed by atoms with Gasteiger partial charge in [0.05, 0.1) is 30.9 Å². The fourth-order valence-corrected chi connectivity index (χ4v) is 2.63. The Morgan fingerprint density at radius 3 is 2.92 bits per heavy atom. The molecule has 26 heavy (non-hydrogen) atoms. The molecule has 2 N–H and O–H groups in total. The van der Waals surface area contributed by atoms with E-state index in [1.807, 2.05) is 0 Å². The summed E-state index contributed by atoms with van der Waals surface area (Å²) in [6.07, 6.45) is 6.35. The lowest BCUT2D eigenvalue weighted by Gasteiger charge is -2.22. The van der Waals surface area contributed by atoms with Crippen molar-refractivity contribution in [2.75, 3.05) is 25.0 Å². The molecular formula is C17H22FN7O. The molecule has 1 aliphatic rings. The summed E-state index contributed by atoms with van der Waals surface area (Å²) in [7, 11) is 0. The van der Waals surface area contributed by atoms with Crippen LogP contribution in [0, 0.1) is 18.3 Å². The van der Waals surface area contributed by atoms with E-state index in [1.165, 1.54) is 0 Å². The number of hydrogen-bond acceptors (Lipinski definition) is 6. The Morgan fingerprint density at radius 1 is 1.42 bits per heavy atom. The second kappa shape index (κ2) is 7.66. The van der Waals surface area contributed by atoms with Gasteiger partial charge in [0.25, 0.3) is 5.88 Å². The van der Waals surface area contributed by atoms with Crippen LogP contribution in [-0.2, 0) is 5.66 Å². The van der Waals surface area contributed by atoms with Crippen LogP contribution in [0.5, 0.6) is 5.88 Å². The van der Waals surface area contributed by atoms with Gasteiger partial charge in [-0.1, -0.05) is 0 Å². The highest BCUT2D eigenvalue weighted by Gasteiger charge is 2.26. The summed E-state index contributed by atoms with van der Waals surface area (Å²) < 4.78 is 21.0. The van der Waals surface area contributed by atoms with Gasteiger partial charge in [-0.3, -0.25) is 4.85 Å². The molecule has 9 heteroatoms. The van der Waals surface area contributed by atoms with E-state index in [0.717, 1.165) is 32.1 Å². The maximum absolute atomic E-state index is 13.9. The fraction of sp³-hybridized carbons (Fsp3) is 0.529. The zero-order chi connectivity index (χ0) is 18.6. The largest absolute Gasteiger partial charge is 0.475 e. The lowest BCUT2D eigenvalue weighted by atomic mass is 9.99. The van der Waals surface area contributed by atoms with Crippen LogP contribution >= 0.6 is 0 Å². The number of aromatic nitrogens is 4. The Kier molecular flexibility index (Phi) is 5.32. The van der Waals surface area contributed by atoms with Crippen molar-refractivity contribution in [3.63, 3.8) is 0 Å². The van der Waals surface area contributed by atoms with Crippen molar-refractivity contribution in [3.8, 4) is 5.88 Å². The summed E-state index contributed by atoms with van der Waals surface area (Å²) >= 11 is 0. The van der Waals surface area contributed by atoms with Crippen molar-refractivity contribution >= 4 is 11.6 Å². The molecule has 0 aliphatic carbocycles. The molecule has 0 saturated carbocycles. The maximum Gasteiger partial charge on any atom is 0.319 e. The standard InChI is InChI=1S/C17H22FN7O/c1-17(2,19-3)25-10-13(8-22-25)23-16-21-9-14(18)15(24-16)26-11-12-4-6-20-7-5-12/h8-10,12,20H,4-7,11H2,1-2H3,(H,21,23,24). The first-order valence-electron chi connectivity index (χ1n) is 8.55.